The second-order valence-corrected chi connectivity index (χ2v) is 5.27. The highest BCUT2D eigenvalue weighted by atomic mass is 16.5. The Morgan fingerprint density at radius 2 is 1.91 bits per heavy atom. The van der Waals surface area contributed by atoms with Gasteiger partial charge in [-0.3, -0.25) is 0 Å². The Morgan fingerprint density at radius 1 is 1.13 bits per heavy atom. The van der Waals surface area contributed by atoms with Crippen molar-refractivity contribution in [1.82, 2.24) is 14.8 Å². The van der Waals surface area contributed by atoms with E-state index in [0.29, 0.717) is 30.5 Å². The van der Waals surface area contributed by atoms with E-state index in [1.807, 2.05) is 12.1 Å². The highest BCUT2D eigenvalue weighted by molar-refractivity contribution is 5.72. The molecule has 1 aromatic carbocycles. The van der Waals surface area contributed by atoms with E-state index >= 15 is 0 Å². The number of hydrogen-bond acceptors (Lipinski definition) is 6. The summed E-state index contributed by atoms with van der Waals surface area (Å²) in [5.41, 5.74) is 0.823. The molecule has 7 nitrogen and oxygen atoms in total. The third-order valence-electron chi connectivity index (χ3n) is 4.09. The Bertz CT molecular complexity index is 699. The number of aromatic nitrogens is 3. The van der Waals surface area contributed by atoms with Gasteiger partial charge in [0.1, 0.15) is 6.61 Å². The van der Waals surface area contributed by atoms with Crippen molar-refractivity contribution < 1.29 is 18.9 Å². The van der Waals surface area contributed by atoms with Gasteiger partial charge in [-0.2, -0.15) is 0 Å². The van der Waals surface area contributed by atoms with Gasteiger partial charge in [-0.15, -0.1) is 10.2 Å². The lowest BCUT2D eigenvalue weighted by atomic mass is 10.1. The fourth-order valence-electron chi connectivity index (χ4n) is 2.93. The van der Waals surface area contributed by atoms with Gasteiger partial charge in [0.05, 0.1) is 39.5 Å². The maximum Gasteiger partial charge on any atom is 0.204 e. The summed E-state index contributed by atoms with van der Waals surface area (Å²) < 4.78 is 24.1. The fraction of sp³-hybridized carbons (Fsp3) is 0.500. The molecule has 0 saturated carbocycles. The Morgan fingerprint density at radius 3 is 2.57 bits per heavy atom. The normalized spacial score (nSPS) is 16.8. The van der Waals surface area contributed by atoms with Gasteiger partial charge in [0, 0.05) is 0 Å². The van der Waals surface area contributed by atoms with Crippen LogP contribution in [0, 0.1) is 0 Å². The van der Waals surface area contributed by atoms with Gasteiger partial charge in [-0.25, -0.2) is 0 Å². The van der Waals surface area contributed by atoms with Crippen molar-refractivity contribution in [2.75, 3.05) is 27.9 Å². The molecule has 0 spiro atoms. The first-order chi connectivity index (χ1) is 11.2. The predicted octanol–water partition coefficient (Wildman–Crippen LogP) is 2.45. The van der Waals surface area contributed by atoms with Gasteiger partial charge < -0.3 is 23.5 Å². The van der Waals surface area contributed by atoms with Crippen LogP contribution < -0.4 is 14.2 Å². The first-order valence-corrected chi connectivity index (χ1v) is 7.55. The zero-order valence-electron chi connectivity index (χ0n) is 13.8. The van der Waals surface area contributed by atoms with Crippen LogP contribution in [0.25, 0.3) is 11.4 Å². The monoisotopic (exact) mass is 319 g/mol. The predicted molar refractivity (Wildman–Crippen MR) is 84.1 cm³/mol. The molecular weight excluding hydrogens is 298 g/mol. The largest absolute Gasteiger partial charge is 0.493 e. The molecule has 0 amide bonds. The van der Waals surface area contributed by atoms with E-state index in [2.05, 4.69) is 21.7 Å². The van der Waals surface area contributed by atoms with Crippen molar-refractivity contribution in [3.05, 3.63) is 18.0 Å². The average Bonchev–Trinajstić information content (AvgIpc) is 3.04. The third kappa shape index (κ3) is 2.50. The van der Waals surface area contributed by atoms with Crippen molar-refractivity contribution in [1.29, 1.82) is 0 Å². The van der Waals surface area contributed by atoms with Gasteiger partial charge in [0.2, 0.25) is 5.75 Å². The fourth-order valence-corrected chi connectivity index (χ4v) is 2.93. The molecule has 7 heteroatoms. The van der Waals surface area contributed by atoms with E-state index < -0.39 is 0 Å². The molecule has 0 radical (unpaired) electrons. The van der Waals surface area contributed by atoms with Crippen molar-refractivity contribution in [3.8, 4) is 28.6 Å². The van der Waals surface area contributed by atoms with Gasteiger partial charge in [-0.05, 0) is 18.6 Å². The van der Waals surface area contributed by atoms with E-state index in [0.717, 1.165) is 23.6 Å². The Labute approximate surface area is 135 Å². The summed E-state index contributed by atoms with van der Waals surface area (Å²) in [5.74, 6) is 3.33. The van der Waals surface area contributed by atoms with Gasteiger partial charge in [-0.1, -0.05) is 6.92 Å². The minimum atomic E-state index is 0.210. The molecule has 0 bridgehead atoms. The van der Waals surface area contributed by atoms with Crippen molar-refractivity contribution in [2.24, 2.45) is 0 Å². The van der Waals surface area contributed by atoms with Crippen molar-refractivity contribution in [2.45, 2.75) is 26.0 Å². The van der Waals surface area contributed by atoms with Gasteiger partial charge >= 0.3 is 0 Å². The van der Waals surface area contributed by atoms with Crippen LogP contribution in [0.1, 0.15) is 25.2 Å². The minimum absolute atomic E-state index is 0.210. The Hall–Kier alpha value is -2.28. The van der Waals surface area contributed by atoms with Crippen molar-refractivity contribution >= 4 is 0 Å². The molecule has 0 saturated heterocycles. The number of benzene rings is 1. The smallest absolute Gasteiger partial charge is 0.204 e. The number of rotatable bonds is 5. The van der Waals surface area contributed by atoms with Crippen LogP contribution in [0.15, 0.2) is 12.1 Å². The third-order valence-corrected chi connectivity index (χ3v) is 4.09. The van der Waals surface area contributed by atoms with E-state index in [1.165, 1.54) is 0 Å². The summed E-state index contributed by atoms with van der Waals surface area (Å²) in [4.78, 5) is 0. The standard InChI is InChI=1S/C16H21N3O4/c1-5-10-8-23-9-13-17-18-16(19(10)13)11-6-7-12(20-2)15(22-4)14(11)21-3/h6-7,10H,5,8-9H2,1-4H3. The van der Waals surface area contributed by atoms with E-state index in [9.17, 15) is 0 Å². The van der Waals surface area contributed by atoms with E-state index in [1.54, 1.807) is 21.3 Å². The van der Waals surface area contributed by atoms with Crippen LogP contribution in [0.2, 0.25) is 0 Å². The quantitative estimate of drug-likeness (QED) is 0.843. The maximum absolute atomic E-state index is 5.59. The van der Waals surface area contributed by atoms with E-state index in [-0.39, 0.29) is 6.04 Å². The second kappa shape index (κ2) is 6.45. The zero-order valence-corrected chi connectivity index (χ0v) is 13.8. The van der Waals surface area contributed by atoms with Crippen LogP contribution >= 0.6 is 0 Å². The van der Waals surface area contributed by atoms with Gasteiger partial charge in [0.25, 0.3) is 0 Å². The summed E-state index contributed by atoms with van der Waals surface area (Å²) in [6.45, 7) is 3.25. The number of fused-ring (bicyclic) bond motifs is 1. The number of ether oxygens (including phenoxy) is 4. The summed E-state index contributed by atoms with van der Waals surface area (Å²) in [6.07, 6.45) is 0.938. The first-order valence-electron chi connectivity index (χ1n) is 7.55. The second-order valence-electron chi connectivity index (χ2n) is 5.27. The SMILES string of the molecule is CCC1COCc2nnc(-c3ccc(OC)c(OC)c3OC)n21. The van der Waals surface area contributed by atoms with Crippen LogP contribution in [-0.2, 0) is 11.3 Å². The molecule has 0 aliphatic carbocycles. The van der Waals surface area contributed by atoms with E-state index in [4.69, 9.17) is 18.9 Å². The maximum atomic E-state index is 5.59. The highest BCUT2D eigenvalue weighted by Crippen LogP contribution is 2.44. The molecule has 1 aliphatic rings. The lowest BCUT2D eigenvalue weighted by Crippen LogP contribution is -2.24. The van der Waals surface area contributed by atoms with Crippen molar-refractivity contribution in [3.63, 3.8) is 0 Å². The Balaban J connectivity index is 2.18. The minimum Gasteiger partial charge on any atom is -0.493 e. The molecule has 23 heavy (non-hydrogen) atoms. The molecule has 1 atom stereocenters. The molecule has 2 heterocycles. The van der Waals surface area contributed by atoms with Crippen LogP contribution in [0.4, 0.5) is 0 Å². The molecule has 1 aromatic heterocycles. The molecule has 2 aromatic rings. The molecule has 1 unspecified atom stereocenters. The van der Waals surface area contributed by atoms with Crippen LogP contribution in [0.5, 0.6) is 17.2 Å². The topological polar surface area (TPSA) is 67.6 Å². The number of nitrogens with zero attached hydrogens (tertiary/aromatic N) is 3. The highest BCUT2D eigenvalue weighted by Gasteiger charge is 2.28. The number of methoxy groups -OCH3 is 3. The first kappa shape index (κ1) is 15.6. The average molecular weight is 319 g/mol. The lowest BCUT2D eigenvalue weighted by Gasteiger charge is -2.25. The molecule has 124 valence electrons. The molecular formula is C16H21N3O4. The summed E-state index contributed by atoms with van der Waals surface area (Å²) in [6, 6.07) is 3.97. The summed E-state index contributed by atoms with van der Waals surface area (Å²) >= 11 is 0. The van der Waals surface area contributed by atoms with Crippen LogP contribution in [0.3, 0.4) is 0 Å². The number of hydrogen-bond donors (Lipinski definition) is 0. The molecule has 0 fully saturated rings. The van der Waals surface area contributed by atoms with Crippen LogP contribution in [-0.4, -0.2) is 42.7 Å². The zero-order chi connectivity index (χ0) is 16.4. The Kier molecular flexibility index (Phi) is 4.38. The molecule has 0 N–H and O–H groups in total. The van der Waals surface area contributed by atoms with Gasteiger partial charge in [0.15, 0.2) is 23.1 Å². The summed E-state index contributed by atoms with van der Waals surface area (Å²) in [5, 5.41) is 8.63. The molecule has 3 rings (SSSR count). The lowest BCUT2D eigenvalue weighted by molar-refractivity contribution is 0.0542. The summed E-state index contributed by atoms with van der Waals surface area (Å²) in [7, 11) is 4.79. The molecule has 1 aliphatic heterocycles.